The molecule has 0 bridgehead atoms. The van der Waals surface area contributed by atoms with E-state index in [-0.39, 0.29) is 16.9 Å². The van der Waals surface area contributed by atoms with Crippen LogP contribution in [0.25, 0.3) is 39.1 Å². The van der Waals surface area contributed by atoms with Crippen molar-refractivity contribution in [2.45, 2.75) is 13.8 Å². The molecule has 1 N–H and O–H groups in total. The molecule has 0 unspecified atom stereocenters. The number of hydrogen-bond donors (Lipinski definition) is 1. The van der Waals surface area contributed by atoms with Gasteiger partial charge in [-0.1, -0.05) is 18.2 Å². The number of aromatic carboxylic acids is 1. The summed E-state index contributed by atoms with van der Waals surface area (Å²) in [6.07, 6.45) is 1.62. The number of carboxylic acids is 1. The van der Waals surface area contributed by atoms with Gasteiger partial charge in [0.1, 0.15) is 11.3 Å². The number of carbonyl (C=O) groups is 1. The molecule has 0 aliphatic heterocycles. The maximum Gasteiger partial charge on any atom is 0.335 e. The van der Waals surface area contributed by atoms with Gasteiger partial charge in [-0.3, -0.25) is 4.79 Å². The summed E-state index contributed by atoms with van der Waals surface area (Å²) in [6, 6.07) is 23.0. The largest absolute Gasteiger partial charge is 0.496 e. The van der Waals surface area contributed by atoms with Crippen molar-refractivity contribution in [2.24, 2.45) is 5.10 Å². The lowest BCUT2D eigenvalue weighted by molar-refractivity contribution is 0.0697. The van der Waals surface area contributed by atoms with Crippen LogP contribution in [0.15, 0.2) is 93.2 Å². The molecule has 0 radical (unpaired) electrons. The highest BCUT2D eigenvalue weighted by Gasteiger charge is 2.18. The van der Waals surface area contributed by atoms with E-state index < -0.39 is 5.97 Å². The summed E-state index contributed by atoms with van der Waals surface area (Å²) < 4.78 is 14.8. The maximum absolute atomic E-state index is 13.6. The monoisotopic (exact) mass is 532 g/mol. The highest BCUT2D eigenvalue weighted by molar-refractivity contribution is 5.89. The number of fused-ring (bicyclic) bond motifs is 2. The van der Waals surface area contributed by atoms with Gasteiger partial charge >= 0.3 is 5.97 Å². The van der Waals surface area contributed by atoms with Crippen LogP contribution in [-0.2, 0) is 0 Å². The molecule has 0 amide bonds. The molecule has 0 aliphatic carbocycles. The Balaban J connectivity index is 1.48. The van der Waals surface area contributed by atoms with E-state index in [1.807, 2.05) is 48.7 Å². The number of aromatic nitrogens is 3. The van der Waals surface area contributed by atoms with Gasteiger partial charge in [-0.05, 0) is 74.5 Å². The number of ether oxygens (including phenoxy) is 1. The summed E-state index contributed by atoms with van der Waals surface area (Å²) >= 11 is 0. The number of benzene rings is 3. The van der Waals surface area contributed by atoms with Gasteiger partial charge in [0, 0.05) is 22.6 Å². The fourth-order valence-corrected chi connectivity index (χ4v) is 4.90. The van der Waals surface area contributed by atoms with E-state index in [1.165, 1.54) is 4.68 Å². The van der Waals surface area contributed by atoms with E-state index in [2.05, 4.69) is 5.10 Å². The number of furan rings is 1. The molecule has 0 aliphatic rings. The van der Waals surface area contributed by atoms with Crippen LogP contribution in [0.1, 0.15) is 27.3 Å². The summed E-state index contributed by atoms with van der Waals surface area (Å²) in [5.41, 5.74) is 4.43. The molecule has 9 heteroatoms. The van der Waals surface area contributed by atoms with E-state index in [0.717, 1.165) is 28.0 Å². The summed E-state index contributed by atoms with van der Waals surface area (Å²) in [4.78, 5) is 29.6. The molecule has 0 spiro atoms. The third-order valence-electron chi connectivity index (χ3n) is 6.87. The first-order valence-electron chi connectivity index (χ1n) is 12.5. The first-order valence-corrected chi connectivity index (χ1v) is 12.5. The Kier molecular flexibility index (Phi) is 6.03. The summed E-state index contributed by atoms with van der Waals surface area (Å²) in [5, 5.41) is 15.0. The van der Waals surface area contributed by atoms with Gasteiger partial charge in [0.05, 0.1) is 35.2 Å². The van der Waals surface area contributed by atoms with Crippen molar-refractivity contribution in [3.05, 3.63) is 112 Å². The molecule has 3 aromatic heterocycles. The molecule has 3 aromatic carbocycles. The first-order chi connectivity index (χ1) is 19.4. The van der Waals surface area contributed by atoms with Crippen LogP contribution in [0.3, 0.4) is 0 Å². The summed E-state index contributed by atoms with van der Waals surface area (Å²) in [6.45, 7) is 3.89. The van der Waals surface area contributed by atoms with Gasteiger partial charge in [0.25, 0.3) is 5.56 Å². The molecule has 0 saturated carbocycles. The van der Waals surface area contributed by atoms with Gasteiger partial charge in [-0.25, -0.2) is 9.78 Å². The standard InChI is InChI=1S/C31H24N4O5/c1-18-15-21(19(2)34(18)22-13-11-20(12-14-22)31(37)38)17-32-35-29(33-25-8-5-4-7-23(25)30(35)36)28-16-24-26(39-3)9-6-10-27(24)40-28/h4-17H,1-3H3,(H,37,38). The van der Waals surface area contributed by atoms with Crippen molar-refractivity contribution in [1.82, 2.24) is 14.2 Å². The molecule has 40 heavy (non-hydrogen) atoms. The SMILES string of the molecule is COc1cccc2oc(-c3nc4ccccc4c(=O)n3N=Cc3cc(C)n(-c4ccc(C(=O)O)cc4)c3C)cc12. The van der Waals surface area contributed by atoms with Gasteiger partial charge < -0.3 is 18.8 Å². The zero-order valence-electron chi connectivity index (χ0n) is 22.0. The smallest absolute Gasteiger partial charge is 0.335 e. The van der Waals surface area contributed by atoms with Crippen molar-refractivity contribution in [1.29, 1.82) is 0 Å². The van der Waals surface area contributed by atoms with Crippen LogP contribution < -0.4 is 10.3 Å². The van der Waals surface area contributed by atoms with Crippen LogP contribution in [0, 0.1) is 13.8 Å². The molecule has 6 aromatic rings. The number of aryl methyl sites for hydroxylation is 1. The molecule has 0 fully saturated rings. The molecule has 0 saturated heterocycles. The van der Waals surface area contributed by atoms with Crippen LogP contribution in [-0.4, -0.2) is 38.6 Å². The minimum atomic E-state index is -0.978. The molecule has 198 valence electrons. The quantitative estimate of drug-likeness (QED) is 0.271. The molecule has 3 heterocycles. The topological polar surface area (TPSA) is 112 Å². The Morgan fingerprint density at radius 3 is 2.52 bits per heavy atom. The van der Waals surface area contributed by atoms with Crippen LogP contribution in [0.4, 0.5) is 0 Å². The van der Waals surface area contributed by atoms with E-state index in [9.17, 15) is 14.7 Å². The zero-order chi connectivity index (χ0) is 28.0. The third-order valence-corrected chi connectivity index (χ3v) is 6.87. The Bertz CT molecular complexity index is 2010. The Morgan fingerprint density at radius 2 is 1.77 bits per heavy atom. The van der Waals surface area contributed by atoms with Gasteiger partial charge in [0.15, 0.2) is 5.76 Å². The highest BCUT2D eigenvalue weighted by atomic mass is 16.5. The maximum atomic E-state index is 13.6. The number of methoxy groups -OCH3 is 1. The van der Waals surface area contributed by atoms with E-state index >= 15 is 0 Å². The third kappa shape index (κ3) is 4.14. The van der Waals surface area contributed by atoms with Crippen molar-refractivity contribution >= 4 is 34.1 Å². The lowest BCUT2D eigenvalue weighted by Gasteiger charge is -2.10. The second-order valence-electron chi connectivity index (χ2n) is 9.31. The Morgan fingerprint density at radius 1 is 1.00 bits per heavy atom. The lowest BCUT2D eigenvalue weighted by atomic mass is 10.2. The fourth-order valence-electron chi connectivity index (χ4n) is 4.90. The minimum absolute atomic E-state index is 0.215. The van der Waals surface area contributed by atoms with E-state index in [0.29, 0.717) is 28.0 Å². The molecule has 9 nitrogen and oxygen atoms in total. The predicted molar refractivity (Wildman–Crippen MR) is 153 cm³/mol. The van der Waals surface area contributed by atoms with Crippen LogP contribution >= 0.6 is 0 Å². The number of nitrogens with zero attached hydrogens (tertiary/aromatic N) is 4. The number of carboxylic acid groups (broad SMARTS) is 1. The highest BCUT2D eigenvalue weighted by Crippen LogP contribution is 2.33. The van der Waals surface area contributed by atoms with Crippen molar-refractivity contribution < 1.29 is 19.1 Å². The number of rotatable bonds is 6. The Hall–Kier alpha value is -5.44. The fraction of sp³-hybridized carbons (Fsp3) is 0.0968. The van der Waals surface area contributed by atoms with E-state index in [4.69, 9.17) is 14.1 Å². The first kappa shape index (κ1) is 24.9. The second-order valence-corrected chi connectivity index (χ2v) is 9.31. The van der Waals surface area contributed by atoms with Crippen molar-refractivity contribution in [2.75, 3.05) is 7.11 Å². The lowest BCUT2D eigenvalue weighted by Crippen LogP contribution is -2.20. The average molecular weight is 533 g/mol. The Labute approximate surface area is 228 Å². The summed E-state index contributed by atoms with van der Waals surface area (Å²) in [7, 11) is 1.59. The number of para-hydroxylation sites is 1. The van der Waals surface area contributed by atoms with Crippen molar-refractivity contribution in [3.8, 4) is 23.0 Å². The van der Waals surface area contributed by atoms with Crippen LogP contribution in [0.5, 0.6) is 5.75 Å². The summed E-state index contributed by atoms with van der Waals surface area (Å²) in [5.74, 6) is 0.308. The van der Waals surface area contributed by atoms with E-state index in [1.54, 1.807) is 61.9 Å². The minimum Gasteiger partial charge on any atom is -0.496 e. The predicted octanol–water partition coefficient (Wildman–Crippen LogP) is 5.81. The van der Waals surface area contributed by atoms with Crippen molar-refractivity contribution in [3.63, 3.8) is 0 Å². The average Bonchev–Trinajstić information content (AvgIpc) is 3.52. The van der Waals surface area contributed by atoms with Gasteiger partial charge in [-0.15, -0.1) is 0 Å². The number of hydrogen-bond acceptors (Lipinski definition) is 6. The van der Waals surface area contributed by atoms with Crippen LogP contribution in [0.2, 0.25) is 0 Å². The second kappa shape index (κ2) is 9.70. The molecule has 6 rings (SSSR count). The molecular weight excluding hydrogens is 508 g/mol. The molecular formula is C31H24N4O5. The zero-order valence-corrected chi connectivity index (χ0v) is 22.0. The molecule has 0 atom stereocenters. The van der Waals surface area contributed by atoms with Gasteiger partial charge in [0.2, 0.25) is 5.82 Å². The normalized spacial score (nSPS) is 11.6. The van der Waals surface area contributed by atoms with Gasteiger partial charge in [-0.2, -0.15) is 9.78 Å².